The van der Waals surface area contributed by atoms with Crippen LogP contribution in [0.4, 0.5) is 0 Å². The van der Waals surface area contributed by atoms with Crippen LogP contribution in [0.2, 0.25) is 0 Å². The Bertz CT molecular complexity index is 696. The lowest BCUT2D eigenvalue weighted by atomic mass is 9.91. The maximum atomic E-state index is 12.5. The Balaban J connectivity index is 1.74. The molecular weight excluding hydrogens is 328 g/mol. The first-order valence-electron chi connectivity index (χ1n) is 9.64. The molecule has 26 heavy (non-hydrogen) atoms. The fourth-order valence-electron chi connectivity index (χ4n) is 3.85. The highest BCUT2D eigenvalue weighted by molar-refractivity contribution is 5.77. The molecule has 0 N–H and O–H groups in total. The predicted octanol–water partition coefficient (Wildman–Crippen LogP) is 2.87. The average Bonchev–Trinajstić information content (AvgIpc) is 2.59. The smallest absolute Gasteiger partial charge is 0.223 e. The van der Waals surface area contributed by atoms with E-state index in [0.29, 0.717) is 19.5 Å². The van der Waals surface area contributed by atoms with Crippen LogP contribution in [0.5, 0.6) is 0 Å². The Morgan fingerprint density at radius 3 is 2.69 bits per heavy atom. The Kier molecular flexibility index (Phi) is 5.30. The quantitative estimate of drug-likeness (QED) is 0.815. The zero-order chi connectivity index (χ0) is 18.9. The number of hydrogen-bond acceptors (Lipinski definition) is 4. The summed E-state index contributed by atoms with van der Waals surface area (Å²) in [4.78, 5) is 37.6. The molecule has 0 bridgehead atoms. The second kappa shape index (κ2) is 7.33. The van der Waals surface area contributed by atoms with Crippen LogP contribution in [0.3, 0.4) is 0 Å². The summed E-state index contributed by atoms with van der Waals surface area (Å²) in [6.45, 7) is 9.96. The van der Waals surface area contributed by atoms with Gasteiger partial charge in [0.2, 0.25) is 11.8 Å². The van der Waals surface area contributed by atoms with Crippen molar-refractivity contribution in [2.75, 3.05) is 13.1 Å². The van der Waals surface area contributed by atoms with Gasteiger partial charge in [-0.05, 0) is 24.7 Å². The molecule has 1 saturated heterocycles. The summed E-state index contributed by atoms with van der Waals surface area (Å²) in [5, 5.41) is 0. The zero-order valence-corrected chi connectivity index (χ0v) is 16.4. The summed E-state index contributed by atoms with van der Waals surface area (Å²) in [5.74, 6) is 1.05. The second-order valence-electron chi connectivity index (χ2n) is 8.73. The lowest BCUT2D eigenvalue weighted by Gasteiger charge is -2.35. The van der Waals surface area contributed by atoms with Crippen LogP contribution in [-0.2, 0) is 22.6 Å². The summed E-state index contributed by atoms with van der Waals surface area (Å²) in [7, 11) is 0. The number of rotatable bonds is 2. The summed E-state index contributed by atoms with van der Waals surface area (Å²) < 4.78 is 0. The van der Waals surface area contributed by atoms with Gasteiger partial charge in [-0.3, -0.25) is 9.59 Å². The standard InChI is InChI=1S/C20H30N4O2/c1-14(25)24-9-6-5-7-17(24)19-21-12-15-13-23(10-8-16(15)22-19)18(26)11-20(2,3)4/h12,17H,5-11,13H2,1-4H3. The number of carbonyl (C=O) groups excluding carboxylic acids is 2. The van der Waals surface area contributed by atoms with Crippen molar-refractivity contribution >= 4 is 11.8 Å². The van der Waals surface area contributed by atoms with Crippen molar-refractivity contribution in [2.24, 2.45) is 5.41 Å². The average molecular weight is 358 g/mol. The van der Waals surface area contributed by atoms with Gasteiger partial charge in [-0.2, -0.15) is 0 Å². The number of nitrogens with zero attached hydrogens (tertiary/aromatic N) is 4. The van der Waals surface area contributed by atoms with E-state index in [-0.39, 0.29) is 23.3 Å². The van der Waals surface area contributed by atoms with Crippen molar-refractivity contribution in [3.63, 3.8) is 0 Å². The minimum Gasteiger partial charge on any atom is -0.338 e. The van der Waals surface area contributed by atoms with Gasteiger partial charge in [0.25, 0.3) is 0 Å². The minimum absolute atomic E-state index is 0.00511. The molecule has 2 aliphatic rings. The molecule has 0 aliphatic carbocycles. The molecule has 1 unspecified atom stereocenters. The number of aromatic nitrogens is 2. The second-order valence-corrected chi connectivity index (χ2v) is 8.73. The Morgan fingerprint density at radius 2 is 2.00 bits per heavy atom. The van der Waals surface area contributed by atoms with Gasteiger partial charge in [0.05, 0.1) is 11.7 Å². The Labute approximate surface area is 156 Å². The van der Waals surface area contributed by atoms with Crippen molar-refractivity contribution in [1.29, 1.82) is 0 Å². The van der Waals surface area contributed by atoms with Crippen LogP contribution < -0.4 is 0 Å². The van der Waals surface area contributed by atoms with Crippen LogP contribution >= 0.6 is 0 Å². The number of carbonyl (C=O) groups is 2. The highest BCUT2D eigenvalue weighted by Crippen LogP contribution is 2.30. The summed E-state index contributed by atoms with van der Waals surface area (Å²) in [5.41, 5.74) is 2.06. The topological polar surface area (TPSA) is 66.4 Å². The first-order chi connectivity index (χ1) is 12.2. The van der Waals surface area contributed by atoms with E-state index in [9.17, 15) is 9.59 Å². The van der Waals surface area contributed by atoms with Crippen LogP contribution in [0, 0.1) is 5.41 Å². The molecule has 3 heterocycles. The number of likely N-dealkylation sites (tertiary alicyclic amines) is 1. The third-order valence-corrected chi connectivity index (χ3v) is 5.19. The van der Waals surface area contributed by atoms with Gasteiger partial charge in [-0.15, -0.1) is 0 Å². The van der Waals surface area contributed by atoms with E-state index in [4.69, 9.17) is 4.98 Å². The van der Waals surface area contributed by atoms with Crippen molar-refractivity contribution in [1.82, 2.24) is 19.8 Å². The molecule has 0 aromatic carbocycles. The van der Waals surface area contributed by atoms with Gasteiger partial charge in [0.1, 0.15) is 0 Å². The molecule has 1 aromatic heterocycles. The molecule has 142 valence electrons. The molecule has 1 fully saturated rings. The summed E-state index contributed by atoms with van der Waals surface area (Å²) >= 11 is 0. The molecule has 1 aromatic rings. The van der Waals surface area contributed by atoms with Crippen LogP contribution in [0.15, 0.2) is 6.20 Å². The molecule has 0 saturated carbocycles. The van der Waals surface area contributed by atoms with Crippen molar-refractivity contribution in [3.8, 4) is 0 Å². The van der Waals surface area contributed by atoms with Crippen molar-refractivity contribution in [2.45, 2.75) is 72.4 Å². The number of piperidine rings is 1. The van der Waals surface area contributed by atoms with Gasteiger partial charge in [-0.1, -0.05) is 20.8 Å². The van der Waals surface area contributed by atoms with Gasteiger partial charge in [0.15, 0.2) is 5.82 Å². The van der Waals surface area contributed by atoms with Crippen LogP contribution in [0.1, 0.15) is 76.5 Å². The van der Waals surface area contributed by atoms with Crippen molar-refractivity contribution in [3.05, 3.63) is 23.3 Å². The van der Waals surface area contributed by atoms with E-state index in [1.165, 1.54) is 0 Å². The fourth-order valence-corrected chi connectivity index (χ4v) is 3.85. The van der Waals surface area contributed by atoms with Gasteiger partial charge in [-0.25, -0.2) is 9.97 Å². The minimum atomic E-state index is -0.00731. The molecule has 2 aliphatic heterocycles. The van der Waals surface area contributed by atoms with Gasteiger partial charge < -0.3 is 9.80 Å². The lowest BCUT2D eigenvalue weighted by molar-refractivity contribution is -0.134. The van der Waals surface area contributed by atoms with E-state index < -0.39 is 0 Å². The van der Waals surface area contributed by atoms with Gasteiger partial charge >= 0.3 is 0 Å². The highest BCUT2D eigenvalue weighted by Gasteiger charge is 2.30. The Hall–Kier alpha value is -1.98. The third kappa shape index (κ3) is 4.22. The number of hydrogen-bond donors (Lipinski definition) is 0. The van der Waals surface area contributed by atoms with Crippen molar-refractivity contribution < 1.29 is 9.59 Å². The molecule has 6 nitrogen and oxygen atoms in total. The number of amides is 2. The van der Waals surface area contributed by atoms with E-state index in [2.05, 4.69) is 25.8 Å². The first-order valence-corrected chi connectivity index (χ1v) is 9.64. The molecule has 6 heteroatoms. The van der Waals surface area contributed by atoms with E-state index in [1.54, 1.807) is 6.92 Å². The number of fused-ring (bicyclic) bond motifs is 1. The normalized spacial score (nSPS) is 20.7. The van der Waals surface area contributed by atoms with Crippen LogP contribution in [-0.4, -0.2) is 44.7 Å². The maximum absolute atomic E-state index is 12.5. The molecular formula is C20H30N4O2. The molecule has 0 spiro atoms. The lowest BCUT2D eigenvalue weighted by Crippen LogP contribution is -2.40. The molecule has 1 atom stereocenters. The molecule has 0 radical (unpaired) electrons. The van der Waals surface area contributed by atoms with Gasteiger partial charge in [0, 0.05) is 51.2 Å². The van der Waals surface area contributed by atoms with Crippen LogP contribution in [0.25, 0.3) is 0 Å². The summed E-state index contributed by atoms with van der Waals surface area (Å²) in [6, 6.07) is -0.00731. The fraction of sp³-hybridized carbons (Fsp3) is 0.700. The van der Waals surface area contributed by atoms with E-state index in [1.807, 2.05) is 16.0 Å². The van der Waals surface area contributed by atoms with E-state index in [0.717, 1.165) is 49.3 Å². The van der Waals surface area contributed by atoms with E-state index >= 15 is 0 Å². The highest BCUT2D eigenvalue weighted by atomic mass is 16.2. The largest absolute Gasteiger partial charge is 0.338 e. The predicted molar refractivity (Wildman–Crippen MR) is 99.2 cm³/mol. The first kappa shape index (κ1) is 18.8. The monoisotopic (exact) mass is 358 g/mol. The zero-order valence-electron chi connectivity index (χ0n) is 16.4. The Morgan fingerprint density at radius 1 is 1.23 bits per heavy atom. The third-order valence-electron chi connectivity index (χ3n) is 5.19. The molecule has 3 rings (SSSR count). The summed E-state index contributed by atoms with van der Waals surface area (Å²) in [6.07, 6.45) is 6.25. The SMILES string of the molecule is CC(=O)N1CCCCC1c1ncc2c(n1)CCN(C(=O)CC(C)(C)C)C2. The maximum Gasteiger partial charge on any atom is 0.223 e. The molecule has 2 amide bonds.